The number of para-hydroxylation sites is 1. The number of hydrogen-bond acceptors (Lipinski definition) is 1. The Balaban J connectivity index is 1.95. The van der Waals surface area contributed by atoms with Gasteiger partial charge >= 0.3 is 0 Å². The molecule has 1 aliphatic carbocycles. The summed E-state index contributed by atoms with van der Waals surface area (Å²) in [6, 6.07) is 13.4. The van der Waals surface area contributed by atoms with Crippen molar-refractivity contribution in [3.05, 3.63) is 83.7 Å². The molecule has 0 aliphatic heterocycles. The van der Waals surface area contributed by atoms with Crippen molar-refractivity contribution in [3.8, 4) is 17.1 Å². The van der Waals surface area contributed by atoms with Crippen LogP contribution in [0, 0.1) is 0 Å². The van der Waals surface area contributed by atoms with Crippen molar-refractivity contribution in [3.63, 3.8) is 0 Å². The molecule has 0 N–H and O–H groups in total. The van der Waals surface area contributed by atoms with Gasteiger partial charge in [0.15, 0.2) is 0 Å². The molecule has 2 heteroatoms. The largest absolute Gasteiger partial charge is 0.299 e. The Morgan fingerprint density at radius 2 is 1.72 bits per heavy atom. The van der Waals surface area contributed by atoms with Gasteiger partial charge in [-0.25, -0.2) is 4.98 Å². The molecule has 29 heavy (non-hydrogen) atoms. The topological polar surface area (TPSA) is 17.8 Å². The third-order valence-corrected chi connectivity index (χ3v) is 6.39. The molecule has 1 aromatic heterocycles. The zero-order chi connectivity index (χ0) is 20.8. The summed E-state index contributed by atoms with van der Waals surface area (Å²) in [7, 11) is 0. The Hall–Kier alpha value is -2.61. The van der Waals surface area contributed by atoms with E-state index in [2.05, 4.69) is 94.4 Å². The van der Waals surface area contributed by atoms with Gasteiger partial charge in [0.2, 0.25) is 0 Å². The van der Waals surface area contributed by atoms with E-state index >= 15 is 0 Å². The van der Waals surface area contributed by atoms with Crippen LogP contribution in [0.15, 0.2) is 61.4 Å². The lowest BCUT2D eigenvalue weighted by Crippen LogP contribution is -2.36. The maximum atomic E-state index is 4.86. The standard InChI is InChI=1S/C27H32N2/c1-7-14-27(6)17-20-10-8-13-23(24(20)27)26-28-15-16-29(26)25-21(18(2)3)11-9-12-22(25)19(4)5/h7-13,15-16,18-19H,1,14,17H2,2-6H3. The molecule has 0 saturated carbocycles. The number of aromatic nitrogens is 2. The highest BCUT2D eigenvalue weighted by Crippen LogP contribution is 2.48. The molecular formula is C27H32N2. The quantitative estimate of drug-likeness (QED) is 0.412. The van der Waals surface area contributed by atoms with Gasteiger partial charge in [-0.15, -0.1) is 6.58 Å². The fourth-order valence-corrected chi connectivity index (χ4v) is 5.01. The first-order chi connectivity index (χ1) is 13.9. The summed E-state index contributed by atoms with van der Waals surface area (Å²) in [6.07, 6.45) is 8.24. The molecule has 4 rings (SSSR count). The Labute approximate surface area is 175 Å². The second kappa shape index (κ2) is 7.33. The van der Waals surface area contributed by atoms with Crippen LogP contribution < -0.4 is 0 Å². The Morgan fingerprint density at radius 3 is 2.34 bits per heavy atom. The highest BCUT2D eigenvalue weighted by atomic mass is 15.1. The summed E-state index contributed by atoms with van der Waals surface area (Å²) in [4.78, 5) is 4.86. The normalized spacial score (nSPS) is 18.0. The lowest BCUT2D eigenvalue weighted by atomic mass is 9.62. The van der Waals surface area contributed by atoms with Crippen LogP contribution in [0.2, 0.25) is 0 Å². The van der Waals surface area contributed by atoms with Crippen molar-refractivity contribution < 1.29 is 0 Å². The SMILES string of the molecule is C=CCC1(C)Cc2cccc(-c3nccn3-c3c(C(C)C)cccc3C(C)C)c21. The summed E-state index contributed by atoms with van der Waals surface area (Å²) in [6.45, 7) is 15.5. The van der Waals surface area contributed by atoms with Gasteiger partial charge in [0.1, 0.15) is 5.82 Å². The number of rotatable bonds is 6. The summed E-state index contributed by atoms with van der Waals surface area (Å²) in [5.41, 5.74) is 8.35. The maximum absolute atomic E-state index is 4.86. The van der Waals surface area contributed by atoms with Crippen LogP contribution in [-0.4, -0.2) is 9.55 Å². The first-order valence-electron chi connectivity index (χ1n) is 10.8. The highest BCUT2D eigenvalue weighted by molar-refractivity contribution is 5.71. The molecule has 0 bridgehead atoms. The maximum Gasteiger partial charge on any atom is 0.144 e. The van der Waals surface area contributed by atoms with E-state index in [1.807, 2.05) is 6.20 Å². The van der Waals surface area contributed by atoms with Crippen LogP contribution in [0.4, 0.5) is 0 Å². The summed E-state index contributed by atoms with van der Waals surface area (Å²) in [5, 5.41) is 0. The highest BCUT2D eigenvalue weighted by Gasteiger charge is 2.40. The van der Waals surface area contributed by atoms with Gasteiger partial charge < -0.3 is 0 Å². The molecule has 1 unspecified atom stereocenters. The number of nitrogens with zero attached hydrogens (tertiary/aromatic N) is 2. The van der Waals surface area contributed by atoms with E-state index in [1.165, 1.54) is 33.5 Å². The molecule has 1 aliphatic rings. The van der Waals surface area contributed by atoms with Crippen molar-refractivity contribution in [2.75, 3.05) is 0 Å². The van der Waals surface area contributed by atoms with E-state index in [-0.39, 0.29) is 5.41 Å². The number of benzene rings is 2. The second-order valence-corrected chi connectivity index (χ2v) is 9.29. The van der Waals surface area contributed by atoms with E-state index in [0.717, 1.165) is 18.7 Å². The summed E-state index contributed by atoms with van der Waals surface area (Å²) < 4.78 is 2.33. The molecule has 3 aromatic rings. The Morgan fingerprint density at radius 1 is 1.07 bits per heavy atom. The van der Waals surface area contributed by atoms with Crippen molar-refractivity contribution in [1.82, 2.24) is 9.55 Å². The molecule has 1 atom stereocenters. The predicted octanol–water partition coefficient (Wildman–Crippen LogP) is 7.18. The Bertz CT molecular complexity index is 1030. The second-order valence-electron chi connectivity index (χ2n) is 9.29. The Kier molecular flexibility index (Phi) is 4.98. The van der Waals surface area contributed by atoms with Crippen LogP contribution >= 0.6 is 0 Å². The minimum Gasteiger partial charge on any atom is -0.299 e. The molecule has 0 saturated heterocycles. The molecule has 1 heterocycles. The van der Waals surface area contributed by atoms with Crippen LogP contribution in [0.3, 0.4) is 0 Å². The van der Waals surface area contributed by atoms with Crippen molar-refractivity contribution in [1.29, 1.82) is 0 Å². The van der Waals surface area contributed by atoms with Gasteiger partial charge in [-0.05, 0) is 46.9 Å². The average molecular weight is 385 g/mol. The number of hydrogen-bond donors (Lipinski definition) is 0. The number of allylic oxidation sites excluding steroid dienone is 1. The van der Waals surface area contributed by atoms with E-state index in [0.29, 0.717) is 11.8 Å². The molecule has 2 nitrogen and oxygen atoms in total. The number of imidazole rings is 1. The van der Waals surface area contributed by atoms with Gasteiger partial charge in [0.05, 0.1) is 5.69 Å². The summed E-state index contributed by atoms with van der Waals surface area (Å²) >= 11 is 0. The molecule has 2 aromatic carbocycles. The molecule has 150 valence electrons. The fourth-order valence-electron chi connectivity index (χ4n) is 5.01. The van der Waals surface area contributed by atoms with Crippen molar-refractivity contribution in [2.24, 2.45) is 0 Å². The zero-order valence-corrected chi connectivity index (χ0v) is 18.4. The molecule has 0 radical (unpaired) electrons. The van der Waals surface area contributed by atoms with E-state index < -0.39 is 0 Å². The average Bonchev–Trinajstić information content (AvgIpc) is 3.15. The van der Waals surface area contributed by atoms with Gasteiger partial charge in [-0.2, -0.15) is 0 Å². The van der Waals surface area contributed by atoms with Crippen LogP contribution in [-0.2, 0) is 11.8 Å². The lowest BCUT2D eigenvalue weighted by molar-refractivity contribution is 0.416. The van der Waals surface area contributed by atoms with E-state index in [4.69, 9.17) is 4.98 Å². The van der Waals surface area contributed by atoms with Gasteiger partial charge in [0, 0.05) is 23.4 Å². The third-order valence-electron chi connectivity index (χ3n) is 6.39. The van der Waals surface area contributed by atoms with Gasteiger partial charge in [-0.1, -0.05) is 77.1 Å². The lowest BCUT2D eigenvalue weighted by Gasteiger charge is -2.42. The minimum atomic E-state index is 0.156. The van der Waals surface area contributed by atoms with Crippen LogP contribution in [0.1, 0.15) is 75.1 Å². The van der Waals surface area contributed by atoms with E-state index in [1.54, 1.807) is 0 Å². The molecule has 0 amide bonds. The van der Waals surface area contributed by atoms with Gasteiger partial charge in [0.25, 0.3) is 0 Å². The van der Waals surface area contributed by atoms with Crippen molar-refractivity contribution in [2.45, 2.75) is 64.7 Å². The first kappa shape index (κ1) is 19.7. The minimum absolute atomic E-state index is 0.156. The smallest absolute Gasteiger partial charge is 0.144 e. The third kappa shape index (κ3) is 3.15. The monoisotopic (exact) mass is 384 g/mol. The van der Waals surface area contributed by atoms with Crippen LogP contribution in [0.25, 0.3) is 17.1 Å². The molecule has 0 fully saturated rings. The van der Waals surface area contributed by atoms with E-state index in [9.17, 15) is 0 Å². The molecule has 0 spiro atoms. The van der Waals surface area contributed by atoms with Crippen molar-refractivity contribution >= 4 is 0 Å². The first-order valence-corrected chi connectivity index (χ1v) is 10.8. The number of fused-ring (bicyclic) bond motifs is 1. The van der Waals surface area contributed by atoms with Gasteiger partial charge in [-0.3, -0.25) is 4.57 Å². The predicted molar refractivity (Wildman–Crippen MR) is 123 cm³/mol. The zero-order valence-electron chi connectivity index (χ0n) is 18.4. The molecular weight excluding hydrogens is 352 g/mol. The summed E-state index contributed by atoms with van der Waals surface area (Å²) in [5.74, 6) is 1.94. The fraction of sp³-hybridized carbons (Fsp3) is 0.370. The van der Waals surface area contributed by atoms with Crippen LogP contribution in [0.5, 0.6) is 0 Å².